The van der Waals surface area contributed by atoms with Gasteiger partial charge in [0, 0.05) is 6.04 Å². The first-order valence-electron chi connectivity index (χ1n) is 7.11. The quantitative estimate of drug-likeness (QED) is 0.847. The summed E-state index contributed by atoms with van der Waals surface area (Å²) in [4.78, 5) is 0. The van der Waals surface area contributed by atoms with Gasteiger partial charge in [0.15, 0.2) is 0 Å². The van der Waals surface area contributed by atoms with Crippen molar-refractivity contribution in [3.63, 3.8) is 0 Å². The Balaban J connectivity index is 2.25. The number of nitrogens with zero attached hydrogens (tertiary/aromatic N) is 2. The maximum Gasteiger partial charge on any atom is 0.0834 e. The van der Waals surface area contributed by atoms with Gasteiger partial charge in [-0.15, -0.1) is 0 Å². The predicted molar refractivity (Wildman–Crippen MR) is 76.0 cm³/mol. The minimum Gasteiger partial charge on any atom is -0.308 e. The lowest BCUT2D eigenvalue weighted by atomic mass is 9.78. The molecule has 0 aliphatic heterocycles. The van der Waals surface area contributed by atoms with Gasteiger partial charge in [0.2, 0.25) is 0 Å². The van der Waals surface area contributed by atoms with Crippen LogP contribution >= 0.6 is 11.6 Å². The molecule has 0 aromatic carbocycles. The minimum absolute atomic E-state index is 0.360. The Morgan fingerprint density at radius 3 is 2.72 bits per heavy atom. The average molecular weight is 270 g/mol. The highest BCUT2D eigenvalue weighted by Crippen LogP contribution is 2.40. The first kappa shape index (κ1) is 13.9. The van der Waals surface area contributed by atoms with Gasteiger partial charge >= 0.3 is 0 Å². The van der Waals surface area contributed by atoms with E-state index in [9.17, 15) is 0 Å². The van der Waals surface area contributed by atoms with E-state index in [4.69, 9.17) is 11.6 Å². The lowest BCUT2D eigenvalue weighted by Gasteiger charge is -2.35. The number of aromatic nitrogens is 2. The smallest absolute Gasteiger partial charge is 0.0834 e. The molecule has 1 unspecified atom stereocenters. The molecule has 1 fully saturated rings. The summed E-state index contributed by atoms with van der Waals surface area (Å²) in [5.74, 6) is 0.725. The maximum atomic E-state index is 6.36. The fraction of sp³-hybridized carbons (Fsp3) is 0.786. The van der Waals surface area contributed by atoms with Crippen molar-refractivity contribution in [2.75, 3.05) is 6.54 Å². The van der Waals surface area contributed by atoms with Crippen molar-refractivity contribution in [1.82, 2.24) is 15.1 Å². The van der Waals surface area contributed by atoms with Crippen LogP contribution in [0.4, 0.5) is 0 Å². The SMILES string of the molecule is CCCNC(c1c(Cl)cnn1C(C)C)C1CCC1. The summed E-state index contributed by atoms with van der Waals surface area (Å²) in [5.41, 5.74) is 1.19. The molecule has 0 saturated heterocycles. The first-order valence-corrected chi connectivity index (χ1v) is 7.49. The molecule has 0 spiro atoms. The molecule has 18 heavy (non-hydrogen) atoms. The Morgan fingerprint density at radius 1 is 1.50 bits per heavy atom. The van der Waals surface area contributed by atoms with Crippen LogP contribution in [-0.4, -0.2) is 16.3 Å². The summed E-state index contributed by atoms with van der Waals surface area (Å²) in [7, 11) is 0. The first-order chi connectivity index (χ1) is 8.65. The van der Waals surface area contributed by atoms with Crippen molar-refractivity contribution < 1.29 is 0 Å². The highest BCUT2D eigenvalue weighted by atomic mass is 35.5. The summed E-state index contributed by atoms with van der Waals surface area (Å²) in [6.07, 6.45) is 6.90. The largest absolute Gasteiger partial charge is 0.308 e. The number of nitrogens with one attached hydrogen (secondary N) is 1. The molecule has 1 heterocycles. The highest BCUT2D eigenvalue weighted by molar-refractivity contribution is 6.31. The van der Waals surface area contributed by atoms with Gasteiger partial charge in [0.05, 0.1) is 23.0 Å². The lowest BCUT2D eigenvalue weighted by Crippen LogP contribution is -2.34. The Labute approximate surface area is 115 Å². The topological polar surface area (TPSA) is 29.9 Å². The van der Waals surface area contributed by atoms with E-state index >= 15 is 0 Å². The zero-order valence-electron chi connectivity index (χ0n) is 11.6. The maximum absolute atomic E-state index is 6.36. The van der Waals surface area contributed by atoms with Crippen LogP contribution in [-0.2, 0) is 0 Å². The summed E-state index contributed by atoms with van der Waals surface area (Å²) in [6.45, 7) is 7.56. The van der Waals surface area contributed by atoms with Crippen molar-refractivity contribution >= 4 is 11.6 Å². The van der Waals surface area contributed by atoms with E-state index < -0.39 is 0 Å². The van der Waals surface area contributed by atoms with E-state index in [-0.39, 0.29) is 0 Å². The molecule has 1 aromatic rings. The van der Waals surface area contributed by atoms with Crippen LogP contribution in [0, 0.1) is 5.92 Å². The second-order valence-electron chi connectivity index (χ2n) is 5.54. The van der Waals surface area contributed by atoms with Gasteiger partial charge in [0.25, 0.3) is 0 Å². The normalized spacial score (nSPS) is 18.1. The molecule has 102 valence electrons. The molecule has 0 radical (unpaired) electrons. The van der Waals surface area contributed by atoms with Crippen molar-refractivity contribution in [1.29, 1.82) is 0 Å². The van der Waals surface area contributed by atoms with Gasteiger partial charge in [-0.2, -0.15) is 5.10 Å². The Bertz CT molecular complexity index is 382. The molecule has 1 saturated carbocycles. The molecule has 4 heteroatoms. The van der Waals surface area contributed by atoms with E-state index in [1.807, 2.05) is 0 Å². The number of halogens is 1. The van der Waals surface area contributed by atoms with Crippen molar-refractivity contribution in [2.24, 2.45) is 5.92 Å². The molecular weight excluding hydrogens is 246 g/mol. The zero-order chi connectivity index (χ0) is 13.1. The summed E-state index contributed by atoms with van der Waals surface area (Å²) in [5, 5.41) is 8.90. The third-order valence-electron chi connectivity index (χ3n) is 3.81. The second kappa shape index (κ2) is 6.07. The van der Waals surface area contributed by atoms with Crippen LogP contribution in [0.5, 0.6) is 0 Å². The zero-order valence-corrected chi connectivity index (χ0v) is 12.4. The standard InChI is InChI=1S/C14H24ClN3/c1-4-8-16-13(11-6-5-7-11)14-12(15)9-17-18(14)10(2)3/h9-11,13,16H,4-8H2,1-3H3. The lowest BCUT2D eigenvalue weighted by molar-refractivity contribution is 0.220. The van der Waals surface area contributed by atoms with E-state index in [1.54, 1.807) is 6.20 Å². The average Bonchev–Trinajstić information content (AvgIpc) is 2.63. The predicted octanol–water partition coefficient (Wildman–Crippen LogP) is 3.96. The van der Waals surface area contributed by atoms with Gasteiger partial charge < -0.3 is 5.32 Å². The molecular formula is C14H24ClN3. The molecule has 2 rings (SSSR count). The third kappa shape index (κ3) is 2.72. The van der Waals surface area contributed by atoms with Crippen LogP contribution < -0.4 is 5.32 Å². The molecule has 1 atom stereocenters. The number of hydrogen-bond donors (Lipinski definition) is 1. The van der Waals surface area contributed by atoms with Crippen molar-refractivity contribution in [3.8, 4) is 0 Å². The van der Waals surface area contributed by atoms with Crippen LogP contribution in [0.1, 0.15) is 64.2 Å². The third-order valence-corrected chi connectivity index (χ3v) is 4.10. The molecule has 0 bridgehead atoms. The molecule has 1 aliphatic rings. The Kier molecular flexibility index (Phi) is 4.68. The minimum atomic E-state index is 0.360. The molecule has 3 nitrogen and oxygen atoms in total. The Hall–Kier alpha value is -0.540. The summed E-state index contributed by atoms with van der Waals surface area (Å²) in [6, 6.07) is 0.731. The summed E-state index contributed by atoms with van der Waals surface area (Å²) >= 11 is 6.36. The van der Waals surface area contributed by atoms with Gasteiger partial charge in [-0.1, -0.05) is 24.9 Å². The van der Waals surface area contributed by atoms with E-state index in [1.165, 1.54) is 25.0 Å². The fourth-order valence-electron chi connectivity index (χ4n) is 2.61. The fourth-order valence-corrected chi connectivity index (χ4v) is 2.86. The Morgan fingerprint density at radius 2 is 2.22 bits per heavy atom. The van der Waals surface area contributed by atoms with Crippen LogP contribution in [0.3, 0.4) is 0 Å². The molecule has 1 aromatic heterocycles. The number of hydrogen-bond acceptors (Lipinski definition) is 2. The molecule has 1 aliphatic carbocycles. The van der Waals surface area contributed by atoms with Gasteiger partial charge in [-0.05, 0) is 45.6 Å². The molecule has 0 amide bonds. The highest BCUT2D eigenvalue weighted by Gasteiger charge is 2.32. The van der Waals surface area contributed by atoms with E-state index in [2.05, 4.69) is 35.9 Å². The number of rotatable bonds is 6. The van der Waals surface area contributed by atoms with E-state index in [0.717, 1.165) is 23.9 Å². The van der Waals surface area contributed by atoms with Crippen molar-refractivity contribution in [3.05, 3.63) is 16.9 Å². The van der Waals surface area contributed by atoms with Gasteiger partial charge in [0.1, 0.15) is 0 Å². The second-order valence-corrected chi connectivity index (χ2v) is 5.95. The summed E-state index contributed by atoms with van der Waals surface area (Å²) < 4.78 is 2.08. The van der Waals surface area contributed by atoms with E-state index in [0.29, 0.717) is 12.1 Å². The monoisotopic (exact) mass is 269 g/mol. The van der Waals surface area contributed by atoms with Crippen LogP contribution in [0.15, 0.2) is 6.20 Å². The van der Waals surface area contributed by atoms with Gasteiger partial charge in [-0.3, -0.25) is 4.68 Å². The van der Waals surface area contributed by atoms with Crippen LogP contribution in [0.2, 0.25) is 5.02 Å². The van der Waals surface area contributed by atoms with Crippen LogP contribution in [0.25, 0.3) is 0 Å². The molecule has 1 N–H and O–H groups in total. The van der Waals surface area contributed by atoms with Crippen molar-refractivity contribution in [2.45, 2.75) is 58.5 Å². The van der Waals surface area contributed by atoms with Gasteiger partial charge in [-0.25, -0.2) is 0 Å².